The van der Waals surface area contributed by atoms with E-state index in [1.165, 1.54) is 23.5 Å². The third kappa shape index (κ3) is 3.78. The SMILES string of the molecule is Cc1ccccc1CC(C)NC(=O)c1cnc(Cl)cn1. The number of amides is 1. The van der Waals surface area contributed by atoms with Crippen LogP contribution in [0.1, 0.15) is 28.5 Å². The van der Waals surface area contributed by atoms with Gasteiger partial charge in [0.2, 0.25) is 0 Å². The van der Waals surface area contributed by atoms with Crippen LogP contribution in [0.25, 0.3) is 0 Å². The van der Waals surface area contributed by atoms with Crippen molar-refractivity contribution in [2.24, 2.45) is 0 Å². The van der Waals surface area contributed by atoms with Gasteiger partial charge in [0.25, 0.3) is 5.91 Å². The van der Waals surface area contributed by atoms with E-state index in [2.05, 4.69) is 34.3 Å². The molecule has 1 aromatic heterocycles. The average molecular weight is 290 g/mol. The van der Waals surface area contributed by atoms with Crippen LogP contribution in [0.2, 0.25) is 5.15 Å². The van der Waals surface area contributed by atoms with Crippen molar-refractivity contribution in [1.29, 1.82) is 0 Å². The first-order valence-electron chi connectivity index (χ1n) is 6.39. The van der Waals surface area contributed by atoms with Crippen LogP contribution in [0.15, 0.2) is 36.7 Å². The molecule has 20 heavy (non-hydrogen) atoms. The molecular weight excluding hydrogens is 274 g/mol. The average Bonchev–Trinajstić information content (AvgIpc) is 2.42. The number of nitrogens with one attached hydrogen (secondary N) is 1. The van der Waals surface area contributed by atoms with Crippen LogP contribution in [0, 0.1) is 6.92 Å². The molecule has 1 heterocycles. The monoisotopic (exact) mass is 289 g/mol. The molecule has 1 N–H and O–H groups in total. The van der Waals surface area contributed by atoms with Crippen molar-refractivity contribution in [3.8, 4) is 0 Å². The molecule has 1 amide bonds. The van der Waals surface area contributed by atoms with Crippen molar-refractivity contribution in [2.45, 2.75) is 26.3 Å². The van der Waals surface area contributed by atoms with Gasteiger partial charge in [0.05, 0.1) is 12.4 Å². The zero-order valence-electron chi connectivity index (χ0n) is 11.4. The molecule has 2 rings (SSSR count). The Bertz CT molecular complexity index is 598. The maximum Gasteiger partial charge on any atom is 0.271 e. The third-order valence-corrected chi connectivity index (χ3v) is 3.21. The largest absolute Gasteiger partial charge is 0.348 e. The van der Waals surface area contributed by atoms with Gasteiger partial charge in [-0.3, -0.25) is 4.79 Å². The summed E-state index contributed by atoms with van der Waals surface area (Å²) in [7, 11) is 0. The lowest BCUT2D eigenvalue weighted by Gasteiger charge is -2.15. The molecule has 0 aliphatic carbocycles. The lowest BCUT2D eigenvalue weighted by molar-refractivity contribution is 0.0934. The van der Waals surface area contributed by atoms with E-state index in [9.17, 15) is 4.79 Å². The number of carbonyl (C=O) groups excluding carboxylic acids is 1. The molecule has 0 fully saturated rings. The lowest BCUT2D eigenvalue weighted by atomic mass is 10.0. The number of carbonyl (C=O) groups is 1. The van der Waals surface area contributed by atoms with E-state index in [1.807, 2.05) is 19.1 Å². The van der Waals surface area contributed by atoms with Crippen LogP contribution < -0.4 is 5.32 Å². The molecule has 1 unspecified atom stereocenters. The van der Waals surface area contributed by atoms with Crippen LogP contribution in [0.3, 0.4) is 0 Å². The molecule has 0 spiro atoms. The van der Waals surface area contributed by atoms with Gasteiger partial charge in [0, 0.05) is 6.04 Å². The number of aryl methyl sites for hydroxylation is 1. The first-order chi connectivity index (χ1) is 9.56. The molecular formula is C15H16ClN3O. The molecule has 0 aliphatic rings. The second kappa shape index (κ2) is 6.48. The lowest BCUT2D eigenvalue weighted by Crippen LogP contribution is -2.34. The predicted octanol–water partition coefficient (Wildman–Crippen LogP) is 2.80. The summed E-state index contributed by atoms with van der Waals surface area (Å²) in [4.78, 5) is 19.8. The van der Waals surface area contributed by atoms with Gasteiger partial charge in [0.15, 0.2) is 0 Å². The zero-order chi connectivity index (χ0) is 14.5. The normalized spacial score (nSPS) is 11.9. The van der Waals surface area contributed by atoms with Crippen LogP contribution >= 0.6 is 11.6 Å². The summed E-state index contributed by atoms with van der Waals surface area (Å²) in [5, 5.41) is 3.18. The van der Waals surface area contributed by atoms with Crippen molar-refractivity contribution in [3.05, 3.63) is 58.6 Å². The van der Waals surface area contributed by atoms with Gasteiger partial charge in [-0.15, -0.1) is 0 Å². The summed E-state index contributed by atoms with van der Waals surface area (Å²) in [5.41, 5.74) is 2.72. The van der Waals surface area contributed by atoms with Crippen LogP contribution in [-0.4, -0.2) is 21.9 Å². The van der Waals surface area contributed by atoms with Gasteiger partial charge in [-0.2, -0.15) is 0 Å². The zero-order valence-corrected chi connectivity index (χ0v) is 12.2. The highest BCUT2D eigenvalue weighted by Crippen LogP contribution is 2.10. The summed E-state index contributed by atoms with van der Waals surface area (Å²) in [6.45, 7) is 4.03. The van der Waals surface area contributed by atoms with Crippen LogP contribution in [0.5, 0.6) is 0 Å². The van der Waals surface area contributed by atoms with Gasteiger partial charge in [0.1, 0.15) is 10.8 Å². The summed E-state index contributed by atoms with van der Waals surface area (Å²) in [5.74, 6) is -0.241. The number of benzene rings is 1. The predicted molar refractivity (Wildman–Crippen MR) is 78.9 cm³/mol. The fraction of sp³-hybridized carbons (Fsp3) is 0.267. The van der Waals surface area contributed by atoms with Crippen molar-refractivity contribution in [2.75, 3.05) is 0 Å². The second-order valence-corrected chi connectivity index (χ2v) is 5.12. The molecule has 104 valence electrons. The van der Waals surface area contributed by atoms with Crippen molar-refractivity contribution >= 4 is 17.5 Å². The number of halogens is 1. The van der Waals surface area contributed by atoms with Gasteiger partial charge in [-0.05, 0) is 31.4 Å². The Morgan fingerprint density at radius 3 is 2.70 bits per heavy atom. The molecule has 0 saturated heterocycles. The Hall–Kier alpha value is -1.94. The van der Waals surface area contributed by atoms with Crippen molar-refractivity contribution in [3.63, 3.8) is 0 Å². The Labute approximate surface area is 123 Å². The number of hydrogen-bond acceptors (Lipinski definition) is 3. The first-order valence-corrected chi connectivity index (χ1v) is 6.77. The molecule has 4 nitrogen and oxygen atoms in total. The van der Waals surface area contributed by atoms with Crippen molar-refractivity contribution in [1.82, 2.24) is 15.3 Å². The highest BCUT2D eigenvalue weighted by Gasteiger charge is 2.12. The maximum absolute atomic E-state index is 12.0. The van der Waals surface area contributed by atoms with E-state index in [0.717, 1.165) is 6.42 Å². The second-order valence-electron chi connectivity index (χ2n) is 4.73. The third-order valence-electron chi connectivity index (χ3n) is 3.02. The highest BCUT2D eigenvalue weighted by molar-refractivity contribution is 6.29. The Morgan fingerprint density at radius 1 is 1.30 bits per heavy atom. The van der Waals surface area contributed by atoms with Gasteiger partial charge in [-0.25, -0.2) is 9.97 Å². The smallest absolute Gasteiger partial charge is 0.271 e. The van der Waals surface area contributed by atoms with E-state index in [4.69, 9.17) is 11.6 Å². The molecule has 5 heteroatoms. The Kier molecular flexibility index (Phi) is 4.69. The first kappa shape index (κ1) is 14.5. The quantitative estimate of drug-likeness (QED) is 0.941. The maximum atomic E-state index is 12.0. The number of rotatable bonds is 4. The molecule has 1 aromatic carbocycles. The summed E-state index contributed by atoms with van der Waals surface area (Å²) in [6, 6.07) is 8.16. The molecule has 1 atom stereocenters. The van der Waals surface area contributed by atoms with Gasteiger partial charge < -0.3 is 5.32 Å². The van der Waals surface area contributed by atoms with Crippen LogP contribution in [-0.2, 0) is 6.42 Å². The standard InChI is InChI=1S/C15H16ClN3O/c1-10-5-3-4-6-12(10)7-11(2)19-15(20)13-8-18-14(16)9-17-13/h3-6,8-9,11H,7H2,1-2H3,(H,19,20). The fourth-order valence-corrected chi connectivity index (χ4v) is 2.04. The minimum atomic E-state index is -0.241. The summed E-state index contributed by atoms with van der Waals surface area (Å²) < 4.78 is 0. The summed E-state index contributed by atoms with van der Waals surface area (Å²) in [6.07, 6.45) is 3.51. The summed E-state index contributed by atoms with van der Waals surface area (Å²) >= 11 is 5.64. The van der Waals surface area contributed by atoms with E-state index < -0.39 is 0 Å². The van der Waals surface area contributed by atoms with E-state index >= 15 is 0 Å². The molecule has 0 saturated carbocycles. The molecule has 0 bridgehead atoms. The van der Waals surface area contributed by atoms with E-state index in [-0.39, 0.29) is 22.8 Å². The Balaban J connectivity index is 1.98. The molecule has 0 radical (unpaired) electrons. The molecule has 0 aliphatic heterocycles. The van der Waals surface area contributed by atoms with Gasteiger partial charge in [-0.1, -0.05) is 35.9 Å². The minimum Gasteiger partial charge on any atom is -0.348 e. The Morgan fingerprint density at radius 2 is 2.05 bits per heavy atom. The van der Waals surface area contributed by atoms with E-state index in [1.54, 1.807) is 0 Å². The fourth-order valence-electron chi connectivity index (χ4n) is 1.95. The number of aromatic nitrogens is 2. The van der Waals surface area contributed by atoms with Gasteiger partial charge >= 0.3 is 0 Å². The minimum absolute atomic E-state index is 0.0149. The topological polar surface area (TPSA) is 54.9 Å². The van der Waals surface area contributed by atoms with E-state index in [0.29, 0.717) is 0 Å². The van der Waals surface area contributed by atoms with Crippen LogP contribution in [0.4, 0.5) is 0 Å². The molecule has 2 aromatic rings. The van der Waals surface area contributed by atoms with Crippen molar-refractivity contribution < 1.29 is 4.79 Å². The number of hydrogen-bond donors (Lipinski definition) is 1. The number of nitrogens with zero attached hydrogens (tertiary/aromatic N) is 2. The highest BCUT2D eigenvalue weighted by atomic mass is 35.5.